The lowest BCUT2D eigenvalue weighted by molar-refractivity contribution is -0.282. The quantitative estimate of drug-likeness (QED) is 0.253. The molecule has 0 N–H and O–H groups in total. The number of benzene rings is 2. The van der Waals surface area contributed by atoms with Gasteiger partial charge in [0.15, 0.2) is 0 Å². The number of carbonyl (C=O) groups is 1. The maximum absolute atomic E-state index is 14.7. The number of hydrogen-bond donors (Lipinski definition) is 0. The Bertz CT molecular complexity index is 949. The summed E-state index contributed by atoms with van der Waals surface area (Å²) in [7, 11) is 0. The minimum Gasteiger partial charge on any atom is -0.336 e. The molecule has 2 aromatic carbocycles. The van der Waals surface area contributed by atoms with Crippen LogP contribution in [0.15, 0.2) is 60.7 Å². The predicted molar refractivity (Wildman–Crippen MR) is 151 cm³/mol. The zero-order chi connectivity index (χ0) is 26.6. The van der Waals surface area contributed by atoms with E-state index in [0.717, 1.165) is 31.2 Å². The molecular weight excluding hydrogens is 456 g/mol. The number of ketones is 1. The molecule has 0 spiro atoms. The molecule has 2 aliphatic carbocycles. The maximum atomic E-state index is 14.7. The van der Waals surface area contributed by atoms with Gasteiger partial charge in [0.1, 0.15) is 0 Å². The van der Waals surface area contributed by atoms with Gasteiger partial charge in [0.25, 0.3) is 5.79 Å². The molecule has 2 saturated carbocycles. The van der Waals surface area contributed by atoms with Crippen molar-refractivity contribution in [1.29, 1.82) is 0 Å². The first-order chi connectivity index (χ1) is 17.7. The Hall–Kier alpha value is -1.97. The first kappa shape index (κ1) is 28.0. The first-order valence-corrected chi connectivity index (χ1v) is 14.7. The van der Waals surface area contributed by atoms with E-state index in [9.17, 15) is 4.79 Å². The van der Waals surface area contributed by atoms with Gasteiger partial charge in [-0.3, -0.25) is 4.79 Å². The summed E-state index contributed by atoms with van der Waals surface area (Å²) in [6.45, 7) is 13.8. The molecule has 0 bridgehead atoms. The van der Waals surface area contributed by atoms with E-state index in [1.165, 1.54) is 12.8 Å². The highest BCUT2D eigenvalue weighted by atomic mass is 16.7. The van der Waals surface area contributed by atoms with Gasteiger partial charge >= 0.3 is 0 Å². The van der Waals surface area contributed by atoms with Crippen molar-refractivity contribution in [3.05, 3.63) is 71.8 Å². The standard InChI is InChI=1S/C34H48O3/c1-23(2)29-19-17-25(5)21-31(29)36-34(28-15-11-8-12-16-28,33(35)27-13-9-7-10-14-27)37-32-22-26(6)18-20-30(32)24(3)4/h7-16,23-26,29-32H,17-22H2,1-6H3. The summed E-state index contributed by atoms with van der Waals surface area (Å²) in [6, 6.07) is 19.7. The van der Waals surface area contributed by atoms with Crippen LogP contribution in [0.5, 0.6) is 0 Å². The summed E-state index contributed by atoms with van der Waals surface area (Å²) in [5.41, 5.74) is 1.45. The van der Waals surface area contributed by atoms with Crippen LogP contribution < -0.4 is 0 Å². The topological polar surface area (TPSA) is 35.5 Å². The van der Waals surface area contributed by atoms with E-state index in [0.29, 0.717) is 41.1 Å². The average molecular weight is 505 g/mol. The predicted octanol–water partition coefficient (Wildman–Crippen LogP) is 8.68. The van der Waals surface area contributed by atoms with Crippen LogP contribution in [0.25, 0.3) is 0 Å². The molecule has 2 aromatic rings. The van der Waals surface area contributed by atoms with Crippen molar-refractivity contribution in [1.82, 2.24) is 0 Å². The molecule has 202 valence electrons. The molecule has 0 aliphatic heterocycles. The minimum atomic E-state index is -1.47. The number of Topliss-reactive ketones (excluding diaryl/α,β-unsaturated/α-hetero) is 1. The molecule has 6 atom stereocenters. The van der Waals surface area contributed by atoms with E-state index >= 15 is 0 Å². The van der Waals surface area contributed by atoms with Crippen LogP contribution in [0.2, 0.25) is 0 Å². The Kier molecular flexibility index (Phi) is 9.29. The highest BCUT2D eigenvalue weighted by molar-refractivity contribution is 6.02. The van der Waals surface area contributed by atoms with Gasteiger partial charge in [0, 0.05) is 11.1 Å². The van der Waals surface area contributed by atoms with E-state index in [1.54, 1.807) is 0 Å². The third-order valence-electron chi connectivity index (χ3n) is 9.05. The molecule has 2 aliphatic rings. The number of rotatable bonds is 9. The molecule has 3 heteroatoms. The summed E-state index contributed by atoms with van der Waals surface area (Å²) in [5, 5.41) is 0. The normalized spacial score (nSPS) is 30.3. The van der Waals surface area contributed by atoms with E-state index in [4.69, 9.17) is 9.47 Å². The molecular formula is C34H48O3. The van der Waals surface area contributed by atoms with E-state index in [-0.39, 0.29) is 18.0 Å². The molecule has 0 heterocycles. The van der Waals surface area contributed by atoms with Crippen LogP contribution in [0.4, 0.5) is 0 Å². The fraction of sp³-hybridized carbons (Fsp3) is 0.618. The molecule has 0 saturated heterocycles. The summed E-state index contributed by atoms with van der Waals surface area (Å²) in [6.07, 6.45) is 6.53. The lowest BCUT2D eigenvalue weighted by Crippen LogP contribution is -2.51. The second-order valence-corrected chi connectivity index (χ2v) is 12.6. The average Bonchev–Trinajstić information content (AvgIpc) is 2.88. The Balaban J connectivity index is 1.85. The molecule has 4 rings (SSSR count). The van der Waals surface area contributed by atoms with Crippen LogP contribution >= 0.6 is 0 Å². The zero-order valence-electron chi connectivity index (χ0n) is 23.9. The largest absolute Gasteiger partial charge is 0.336 e. The second-order valence-electron chi connectivity index (χ2n) is 12.6. The second kappa shape index (κ2) is 12.3. The van der Waals surface area contributed by atoms with Crippen LogP contribution in [-0.4, -0.2) is 18.0 Å². The van der Waals surface area contributed by atoms with Crippen LogP contribution in [0, 0.1) is 35.5 Å². The van der Waals surface area contributed by atoms with Crippen molar-refractivity contribution in [3.8, 4) is 0 Å². The van der Waals surface area contributed by atoms with Crippen molar-refractivity contribution in [2.75, 3.05) is 0 Å². The highest BCUT2D eigenvalue weighted by Gasteiger charge is 2.50. The Morgan fingerprint density at radius 1 is 0.703 bits per heavy atom. The molecule has 3 nitrogen and oxygen atoms in total. The molecule has 2 fully saturated rings. The van der Waals surface area contributed by atoms with E-state index in [1.807, 2.05) is 60.7 Å². The lowest BCUT2D eigenvalue weighted by Gasteiger charge is -2.47. The Labute approximate surface area is 225 Å². The summed E-state index contributed by atoms with van der Waals surface area (Å²) >= 11 is 0. The number of carbonyl (C=O) groups excluding carboxylic acids is 1. The third-order valence-corrected chi connectivity index (χ3v) is 9.05. The first-order valence-electron chi connectivity index (χ1n) is 14.7. The van der Waals surface area contributed by atoms with Crippen molar-refractivity contribution in [3.63, 3.8) is 0 Å². The summed E-state index contributed by atoms with van der Waals surface area (Å²) in [4.78, 5) is 14.7. The fourth-order valence-corrected chi connectivity index (χ4v) is 6.77. The number of hydrogen-bond acceptors (Lipinski definition) is 3. The van der Waals surface area contributed by atoms with Gasteiger partial charge in [-0.15, -0.1) is 0 Å². The molecule has 0 aromatic heterocycles. The Morgan fingerprint density at radius 3 is 1.57 bits per heavy atom. The van der Waals surface area contributed by atoms with E-state index < -0.39 is 5.79 Å². The van der Waals surface area contributed by atoms with Gasteiger partial charge in [-0.25, -0.2) is 0 Å². The van der Waals surface area contributed by atoms with Crippen LogP contribution in [0.3, 0.4) is 0 Å². The van der Waals surface area contributed by atoms with Crippen molar-refractivity contribution < 1.29 is 14.3 Å². The SMILES string of the molecule is CC1CCC(C(C)C)C(OC(OC2CC(C)CCC2C(C)C)(C(=O)c2ccccc2)c2ccccc2)C1. The summed E-state index contributed by atoms with van der Waals surface area (Å²) < 4.78 is 14.4. The molecule has 6 unspecified atom stereocenters. The van der Waals surface area contributed by atoms with Crippen LogP contribution in [-0.2, 0) is 15.3 Å². The fourth-order valence-electron chi connectivity index (χ4n) is 6.77. The summed E-state index contributed by atoms with van der Waals surface area (Å²) in [5.74, 6) is 1.35. The Morgan fingerprint density at radius 2 is 1.14 bits per heavy atom. The smallest absolute Gasteiger partial charge is 0.261 e. The lowest BCUT2D eigenvalue weighted by atomic mass is 9.74. The zero-order valence-corrected chi connectivity index (χ0v) is 23.9. The highest BCUT2D eigenvalue weighted by Crippen LogP contribution is 2.45. The van der Waals surface area contributed by atoms with Crippen LogP contribution in [0.1, 0.15) is 96.0 Å². The molecule has 0 radical (unpaired) electrons. The van der Waals surface area contributed by atoms with Gasteiger partial charge in [-0.05, 0) is 61.2 Å². The van der Waals surface area contributed by atoms with Crippen molar-refractivity contribution in [2.45, 2.75) is 98.1 Å². The van der Waals surface area contributed by atoms with E-state index in [2.05, 4.69) is 41.5 Å². The molecule has 37 heavy (non-hydrogen) atoms. The van der Waals surface area contributed by atoms with Gasteiger partial charge in [-0.2, -0.15) is 0 Å². The minimum absolute atomic E-state index is 0.0323. The monoisotopic (exact) mass is 504 g/mol. The van der Waals surface area contributed by atoms with Gasteiger partial charge in [0.2, 0.25) is 5.78 Å². The van der Waals surface area contributed by atoms with Crippen molar-refractivity contribution in [2.24, 2.45) is 35.5 Å². The van der Waals surface area contributed by atoms with Crippen molar-refractivity contribution >= 4 is 5.78 Å². The third kappa shape index (κ3) is 6.37. The van der Waals surface area contributed by atoms with Gasteiger partial charge in [-0.1, -0.05) is 115 Å². The van der Waals surface area contributed by atoms with Gasteiger partial charge in [0.05, 0.1) is 12.2 Å². The maximum Gasteiger partial charge on any atom is 0.261 e. The molecule has 0 amide bonds. The van der Waals surface area contributed by atoms with Gasteiger partial charge < -0.3 is 9.47 Å². The number of ether oxygens (including phenoxy) is 2.